The lowest BCUT2D eigenvalue weighted by Gasteiger charge is -2.07. The predicted molar refractivity (Wildman–Crippen MR) is 131 cm³/mol. The van der Waals surface area contributed by atoms with Gasteiger partial charge < -0.3 is 10.1 Å². The molecule has 0 aromatic heterocycles. The van der Waals surface area contributed by atoms with Gasteiger partial charge in [0.1, 0.15) is 5.75 Å². The number of carbonyl (C=O) groups excluding carboxylic acids is 2. The lowest BCUT2D eigenvalue weighted by molar-refractivity contribution is -0.119. The third-order valence-corrected chi connectivity index (χ3v) is 5.12. The molecule has 0 aliphatic rings. The largest absolute Gasteiger partial charge is 0.423 e. The minimum absolute atomic E-state index is 0.0899. The first-order valence-electron chi connectivity index (χ1n) is 10.2. The first-order chi connectivity index (χ1) is 16.1. The third kappa shape index (κ3) is 5.96. The van der Waals surface area contributed by atoms with Crippen LogP contribution in [0.25, 0.3) is 10.8 Å². The molecule has 4 rings (SSSR count). The van der Waals surface area contributed by atoms with E-state index < -0.39 is 5.97 Å². The normalized spacial score (nSPS) is 10.8. The highest BCUT2D eigenvalue weighted by atomic mass is 35.5. The monoisotopic (exact) mass is 457 g/mol. The Morgan fingerprint density at radius 1 is 0.879 bits per heavy atom. The summed E-state index contributed by atoms with van der Waals surface area (Å²) in [6.45, 7) is 0.0899. The number of hydrogen-bond donors (Lipinski definition) is 2. The van der Waals surface area contributed by atoms with Crippen molar-refractivity contribution in [2.45, 2.75) is 0 Å². The van der Waals surface area contributed by atoms with E-state index in [0.29, 0.717) is 16.3 Å². The fourth-order valence-electron chi connectivity index (χ4n) is 3.11. The summed E-state index contributed by atoms with van der Waals surface area (Å²) in [5.74, 6) is -0.432. The van der Waals surface area contributed by atoms with E-state index in [1.807, 2.05) is 42.5 Å². The molecule has 164 valence electrons. The summed E-state index contributed by atoms with van der Waals surface area (Å²) in [5.41, 5.74) is 4.37. The van der Waals surface area contributed by atoms with Crippen LogP contribution in [0.2, 0.25) is 5.02 Å². The maximum Gasteiger partial charge on any atom is 0.345 e. The molecule has 0 bridgehead atoms. The van der Waals surface area contributed by atoms with Gasteiger partial charge in [-0.2, -0.15) is 5.10 Å². The lowest BCUT2D eigenvalue weighted by atomic mass is 10.1. The number of carbonyl (C=O) groups is 2. The molecule has 7 heteroatoms. The van der Waals surface area contributed by atoms with Crippen LogP contribution in [-0.2, 0) is 4.79 Å². The molecule has 0 heterocycles. The average molecular weight is 458 g/mol. The minimum atomic E-state index is -0.534. The summed E-state index contributed by atoms with van der Waals surface area (Å²) in [7, 11) is 0. The van der Waals surface area contributed by atoms with Crippen molar-refractivity contribution in [3.8, 4) is 5.75 Å². The summed E-state index contributed by atoms with van der Waals surface area (Å²) < 4.78 is 5.33. The Labute approximate surface area is 195 Å². The Kier molecular flexibility index (Phi) is 6.97. The Hall–Kier alpha value is -4.16. The number of hydrazone groups is 1. The SMILES string of the molecule is O=C(CNc1ccc2ccccc2c1)N/N=C/c1ccc(OC(=O)c2ccccc2Cl)cc1. The molecule has 0 saturated carbocycles. The van der Waals surface area contributed by atoms with Crippen LogP contribution in [0.3, 0.4) is 0 Å². The van der Waals surface area contributed by atoms with E-state index in [1.54, 1.807) is 48.5 Å². The number of nitrogens with one attached hydrogen (secondary N) is 2. The molecule has 4 aromatic rings. The molecule has 4 aromatic carbocycles. The molecule has 1 amide bonds. The van der Waals surface area contributed by atoms with Crippen LogP contribution in [0.4, 0.5) is 5.69 Å². The highest BCUT2D eigenvalue weighted by Crippen LogP contribution is 2.20. The van der Waals surface area contributed by atoms with Crippen LogP contribution in [0.15, 0.2) is 96.1 Å². The number of hydrogen-bond acceptors (Lipinski definition) is 5. The highest BCUT2D eigenvalue weighted by Gasteiger charge is 2.12. The summed E-state index contributed by atoms with van der Waals surface area (Å²) in [5, 5.41) is 9.62. The van der Waals surface area contributed by atoms with Crippen molar-refractivity contribution >= 4 is 46.2 Å². The van der Waals surface area contributed by atoms with Crippen LogP contribution in [0.5, 0.6) is 5.75 Å². The van der Waals surface area contributed by atoms with E-state index in [0.717, 1.165) is 22.0 Å². The number of nitrogens with zero attached hydrogens (tertiary/aromatic N) is 1. The Morgan fingerprint density at radius 2 is 1.61 bits per heavy atom. The highest BCUT2D eigenvalue weighted by molar-refractivity contribution is 6.33. The summed E-state index contributed by atoms with van der Waals surface area (Å²) in [6, 6.07) is 27.4. The number of fused-ring (bicyclic) bond motifs is 1. The van der Waals surface area contributed by atoms with Crippen LogP contribution in [0.1, 0.15) is 15.9 Å². The molecule has 6 nitrogen and oxygen atoms in total. The summed E-state index contributed by atoms with van der Waals surface area (Å²) in [6.07, 6.45) is 1.51. The van der Waals surface area contributed by atoms with Crippen LogP contribution >= 0.6 is 11.6 Å². The second kappa shape index (κ2) is 10.4. The second-order valence-electron chi connectivity index (χ2n) is 7.15. The van der Waals surface area contributed by atoms with Gasteiger partial charge in [0, 0.05) is 5.69 Å². The Morgan fingerprint density at radius 3 is 2.39 bits per heavy atom. The van der Waals surface area contributed by atoms with Crippen molar-refractivity contribution in [1.29, 1.82) is 0 Å². The molecule has 0 aliphatic carbocycles. The van der Waals surface area contributed by atoms with Gasteiger partial charge in [-0.1, -0.05) is 54.1 Å². The van der Waals surface area contributed by atoms with Crippen molar-refractivity contribution < 1.29 is 14.3 Å². The Bertz CT molecular complexity index is 1320. The smallest absolute Gasteiger partial charge is 0.345 e. The van der Waals surface area contributed by atoms with Crippen molar-refractivity contribution in [2.24, 2.45) is 5.10 Å². The molecule has 0 spiro atoms. The summed E-state index contributed by atoms with van der Waals surface area (Å²) in [4.78, 5) is 24.3. The maximum atomic E-state index is 12.2. The predicted octanol–water partition coefficient (Wildman–Crippen LogP) is 5.27. The van der Waals surface area contributed by atoms with E-state index >= 15 is 0 Å². The molecule has 0 unspecified atom stereocenters. The standard InChI is InChI=1S/C26H20ClN3O3/c27-24-8-4-3-7-23(24)26(32)33-22-13-9-18(10-14-22)16-29-30-25(31)17-28-21-12-11-19-5-1-2-6-20(19)15-21/h1-16,28H,17H2,(H,30,31)/b29-16+. The van der Waals surface area contributed by atoms with Crippen molar-refractivity contribution in [3.63, 3.8) is 0 Å². The number of ether oxygens (including phenoxy) is 1. The average Bonchev–Trinajstić information content (AvgIpc) is 2.84. The zero-order valence-electron chi connectivity index (χ0n) is 17.5. The zero-order valence-corrected chi connectivity index (χ0v) is 18.3. The van der Waals surface area contributed by atoms with Gasteiger partial charge in [-0.3, -0.25) is 4.79 Å². The summed E-state index contributed by atoms with van der Waals surface area (Å²) >= 11 is 6.02. The lowest BCUT2D eigenvalue weighted by Crippen LogP contribution is -2.25. The first kappa shape index (κ1) is 22.0. The minimum Gasteiger partial charge on any atom is -0.423 e. The fourth-order valence-corrected chi connectivity index (χ4v) is 3.32. The molecular formula is C26H20ClN3O3. The molecule has 0 radical (unpaired) electrons. The topological polar surface area (TPSA) is 79.8 Å². The molecule has 33 heavy (non-hydrogen) atoms. The molecular weight excluding hydrogens is 438 g/mol. The van der Waals surface area contributed by atoms with Gasteiger partial charge in [-0.05, 0) is 64.9 Å². The molecule has 0 saturated heterocycles. The maximum absolute atomic E-state index is 12.2. The van der Waals surface area contributed by atoms with Gasteiger partial charge in [0.2, 0.25) is 0 Å². The van der Waals surface area contributed by atoms with Crippen LogP contribution in [0, 0.1) is 0 Å². The van der Waals surface area contributed by atoms with Gasteiger partial charge in [0.25, 0.3) is 5.91 Å². The van der Waals surface area contributed by atoms with Gasteiger partial charge in [-0.15, -0.1) is 0 Å². The van der Waals surface area contributed by atoms with Crippen LogP contribution in [-0.4, -0.2) is 24.6 Å². The number of amides is 1. The van der Waals surface area contributed by atoms with Crippen molar-refractivity contribution in [2.75, 3.05) is 11.9 Å². The molecule has 0 atom stereocenters. The molecule has 0 aliphatic heterocycles. The van der Waals surface area contributed by atoms with E-state index in [1.165, 1.54) is 6.21 Å². The number of benzene rings is 4. The first-order valence-corrected chi connectivity index (χ1v) is 10.6. The van der Waals surface area contributed by atoms with E-state index in [9.17, 15) is 9.59 Å². The van der Waals surface area contributed by atoms with Crippen molar-refractivity contribution in [1.82, 2.24) is 5.43 Å². The van der Waals surface area contributed by atoms with E-state index in [2.05, 4.69) is 15.8 Å². The van der Waals surface area contributed by atoms with Crippen LogP contribution < -0.4 is 15.5 Å². The number of rotatable bonds is 7. The number of esters is 1. The van der Waals surface area contributed by atoms with E-state index in [4.69, 9.17) is 16.3 Å². The number of halogens is 1. The molecule has 2 N–H and O–H groups in total. The van der Waals surface area contributed by atoms with Gasteiger partial charge >= 0.3 is 5.97 Å². The third-order valence-electron chi connectivity index (χ3n) is 4.79. The van der Waals surface area contributed by atoms with Crippen molar-refractivity contribution in [3.05, 3.63) is 107 Å². The second-order valence-corrected chi connectivity index (χ2v) is 7.55. The van der Waals surface area contributed by atoms with Gasteiger partial charge in [0.05, 0.1) is 23.3 Å². The fraction of sp³-hybridized carbons (Fsp3) is 0.0385. The number of anilines is 1. The Balaban J connectivity index is 1.26. The van der Waals surface area contributed by atoms with Gasteiger partial charge in [0.15, 0.2) is 0 Å². The van der Waals surface area contributed by atoms with Gasteiger partial charge in [-0.25, -0.2) is 10.2 Å². The zero-order chi connectivity index (χ0) is 23.0. The van der Waals surface area contributed by atoms with E-state index in [-0.39, 0.29) is 12.5 Å². The molecule has 0 fully saturated rings. The quantitative estimate of drug-likeness (QED) is 0.171.